The molecular formula is C17H14N2OS. The molecule has 3 aliphatic rings. The van der Waals surface area contributed by atoms with Crippen LogP contribution in [0.4, 0.5) is 0 Å². The quantitative estimate of drug-likeness (QED) is 0.862. The number of benzene rings is 1. The van der Waals surface area contributed by atoms with Crippen LogP contribution in [-0.4, -0.2) is 12.4 Å². The number of nitrogens with zero attached hydrogens (tertiary/aromatic N) is 1. The van der Waals surface area contributed by atoms with Crippen molar-refractivity contribution >= 4 is 11.8 Å². The van der Waals surface area contributed by atoms with Gasteiger partial charge in [-0.1, -0.05) is 12.1 Å². The average molecular weight is 294 g/mol. The molecule has 0 saturated heterocycles. The Morgan fingerprint density at radius 3 is 3.19 bits per heavy atom. The summed E-state index contributed by atoms with van der Waals surface area (Å²) in [4.78, 5) is 1.40. The van der Waals surface area contributed by atoms with E-state index < -0.39 is 0 Å². The fourth-order valence-corrected chi connectivity index (χ4v) is 4.40. The van der Waals surface area contributed by atoms with Crippen molar-refractivity contribution in [2.24, 2.45) is 0 Å². The number of thioether (sulfide) groups is 1. The third-order valence-corrected chi connectivity index (χ3v) is 5.25. The number of allylic oxidation sites excluding steroid dienone is 4. The Labute approximate surface area is 128 Å². The van der Waals surface area contributed by atoms with Gasteiger partial charge in [-0.2, -0.15) is 5.26 Å². The van der Waals surface area contributed by atoms with Crippen LogP contribution in [0.3, 0.4) is 0 Å². The predicted molar refractivity (Wildman–Crippen MR) is 83.3 cm³/mol. The molecule has 0 spiro atoms. The summed E-state index contributed by atoms with van der Waals surface area (Å²) in [6.45, 7) is 0.599. The van der Waals surface area contributed by atoms with Gasteiger partial charge in [-0.15, -0.1) is 11.8 Å². The molecule has 21 heavy (non-hydrogen) atoms. The summed E-state index contributed by atoms with van der Waals surface area (Å²) in [5.74, 6) is 1.36. The van der Waals surface area contributed by atoms with Crippen molar-refractivity contribution in [3.63, 3.8) is 0 Å². The zero-order chi connectivity index (χ0) is 14.2. The fraction of sp³-hybridized carbons (Fsp3) is 0.235. The van der Waals surface area contributed by atoms with Crippen LogP contribution in [-0.2, 0) is 4.74 Å². The summed E-state index contributed by atoms with van der Waals surface area (Å²) in [6, 6.07) is 10.2. The van der Waals surface area contributed by atoms with Gasteiger partial charge in [-0.3, -0.25) is 0 Å². The maximum Gasteiger partial charge on any atom is 0.127 e. The minimum Gasteiger partial charge on any atom is -0.495 e. The molecule has 1 aromatic rings. The first-order chi connectivity index (χ1) is 10.4. The normalized spacial score (nSPS) is 23.1. The van der Waals surface area contributed by atoms with E-state index in [1.165, 1.54) is 21.7 Å². The average Bonchev–Trinajstić information content (AvgIpc) is 3.00. The lowest BCUT2D eigenvalue weighted by Crippen LogP contribution is -2.27. The number of hydrogen-bond acceptors (Lipinski definition) is 4. The van der Waals surface area contributed by atoms with E-state index in [-0.39, 0.29) is 5.92 Å². The Kier molecular flexibility index (Phi) is 3.01. The van der Waals surface area contributed by atoms with Crippen LogP contribution in [0.5, 0.6) is 0 Å². The van der Waals surface area contributed by atoms with Gasteiger partial charge in [0, 0.05) is 22.3 Å². The number of dihydropyridines is 1. The van der Waals surface area contributed by atoms with Crippen molar-refractivity contribution in [2.45, 2.75) is 12.3 Å². The van der Waals surface area contributed by atoms with Gasteiger partial charge in [0.2, 0.25) is 0 Å². The monoisotopic (exact) mass is 294 g/mol. The van der Waals surface area contributed by atoms with Gasteiger partial charge in [0.25, 0.3) is 0 Å². The van der Waals surface area contributed by atoms with Crippen molar-refractivity contribution in [1.29, 1.82) is 5.26 Å². The molecule has 104 valence electrons. The minimum atomic E-state index is 0.234. The first kappa shape index (κ1) is 12.6. The molecule has 0 radical (unpaired) electrons. The zero-order valence-electron chi connectivity index (χ0n) is 11.4. The van der Waals surface area contributed by atoms with E-state index in [1.54, 1.807) is 6.26 Å². The lowest BCUT2D eigenvalue weighted by atomic mass is 9.85. The van der Waals surface area contributed by atoms with Crippen LogP contribution in [0.2, 0.25) is 0 Å². The van der Waals surface area contributed by atoms with Gasteiger partial charge >= 0.3 is 0 Å². The number of nitriles is 1. The van der Waals surface area contributed by atoms with Crippen molar-refractivity contribution in [2.75, 3.05) is 12.4 Å². The van der Waals surface area contributed by atoms with E-state index >= 15 is 0 Å². The van der Waals surface area contributed by atoms with E-state index in [2.05, 4.69) is 23.5 Å². The van der Waals surface area contributed by atoms with Gasteiger partial charge in [0.15, 0.2) is 0 Å². The van der Waals surface area contributed by atoms with Gasteiger partial charge in [-0.25, -0.2) is 0 Å². The Hall–Kier alpha value is -2.12. The van der Waals surface area contributed by atoms with Crippen molar-refractivity contribution in [3.8, 4) is 6.07 Å². The summed E-state index contributed by atoms with van der Waals surface area (Å²) in [6.07, 6.45) is 4.90. The van der Waals surface area contributed by atoms with E-state index in [0.717, 1.165) is 23.4 Å². The number of nitrogens with one attached hydrogen (secondary N) is 1. The maximum absolute atomic E-state index is 9.15. The molecule has 1 unspecified atom stereocenters. The molecule has 0 aliphatic carbocycles. The SMILES string of the molecule is N#Cc1cccc(C2C3=C(COC=C3)NC3=C2SCC3)c1. The molecule has 0 fully saturated rings. The number of rotatable bonds is 1. The van der Waals surface area contributed by atoms with E-state index in [1.807, 2.05) is 30.0 Å². The highest BCUT2D eigenvalue weighted by molar-refractivity contribution is 8.03. The predicted octanol–water partition coefficient (Wildman–Crippen LogP) is 3.39. The Morgan fingerprint density at radius 1 is 1.33 bits per heavy atom. The molecule has 1 atom stereocenters. The van der Waals surface area contributed by atoms with Crippen LogP contribution in [0, 0.1) is 11.3 Å². The molecule has 4 rings (SSSR count). The molecule has 0 bridgehead atoms. The lowest BCUT2D eigenvalue weighted by molar-refractivity contribution is 0.266. The maximum atomic E-state index is 9.15. The van der Waals surface area contributed by atoms with Crippen molar-refractivity contribution in [1.82, 2.24) is 5.32 Å². The lowest BCUT2D eigenvalue weighted by Gasteiger charge is -2.31. The summed E-state index contributed by atoms with van der Waals surface area (Å²) < 4.78 is 5.43. The largest absolute Gasteiger partial charge is 0.495 e. The van der Waals surface area contributed by atoms with E-state index in [9.17, 15) is 0 Å². The van der Waals surface area contributed by atoms with E-state index in [4.69, 9.17) is 10.00 Å². The minimum absolute atomic E-state index is 0.234. The van der Waals surface area contributed by atoms with Crippen LogP contribution < -0.4 is 5.32 Å². The first-order valence-electron chi connectivity index (χ1n) is 7.01. The molecule has 0 aromatic heterocycles. The molecule has 3 aliphatic heterocycles. The highest BCUT2D eigenvalue weighted by atomic mass is 32.2. The number of ether oxygens (including phenoxy) is 1. The van der Waals surface area contributed by atoms with Crippen LogP contribution in [0.1, 0.15) is 23.5 Å². The second-order valence-corrected chi connectivity index (χ2v) is 6.42. The van der Waals surface area contributed by atoms with Gasteiger partial charge in [-0.05, 0) is 35.8 Å². The van der Waals surface area contributed by atoms with Crippen LogP contribution in [0.25, 0.3) is 0 Å². The molecule has 1 N–H and O–H groups in total. The number of hydrogen-bond donors (Lipinski definition) is 1. The van der Waals surface area contributed by atoms with Crippen molar-refractivity contribution in [3.05, 3.63) is 69.6 Å². The molecule has 1 aromatic carbocycles. The topological polar surface area (TPSA) is 45.0 Å². The van der Waals surface area contributed by atoms with E-state index in [0.29, 0.717) is 6.61 Å². The standard InChI is InChI=1S/C17H14N2OS/c18-9-11-2-1-3-12(8-11)16-13-4-6-20-10-15(13)19-14-5-7-21-17(14)16/h1-4,6,8,16,19H,5,7,10H2. The zero-order valence-corrected chi connectivity index (χ0v) is 12.2. The van der Waals surface area contributed by atoms with Gasteiger partial charge in [0.1, 0.15) is 6.61 Å². The molecule has 3 nitrogen and oxygen atoms in total. The second kappa shape index (κ2) is 5.01. The summed E-state index contributed by atoms with van der Waals surface area (Å²) in [5.41, 5.74) is 5.66. The van der Waals surface area contributed by atoms with Crippen LogP contribution in [0.15, 0.2) is 58.5 Å². The smallest absolute Gasteiger partial charge is 0.127 e. The van der Waals surface area contributed by atoms with Crippen LogP contribution >= 0.6 is 11.8 Å². The van der Waals surface area contributed by atoms with Gasteiger partial charge in [0.05, 0.1) is 23.6 Å². The molecule has 3 heterocycles. The summed E-state index contributed by atoms with van der Waals surface area (Å²) in [7, 11) is 0. The van der Waals surface area contributed by atoms with Gasteiger partial charge < -0.3 is 10.1 Å². The molecule has 0 saturated carbocycles. The molecular weight excluding hydrogens is 280 g/mol. The summed E-state index contributed by atoms with van der Waals surface area (Å²) in [5, 5.41) is 12.7. The molecule has 4 heteroatoms. The third-order valence-electron chi connectivity index (χ3n) is 4.05. The van der Waals surface area contributed by atoms with Crippen molar-refractivity contribution < 1.29 is 4.74 Å². The Balaban J connectivity index is 1.85. The highest BCUT2D eigenvalue weighted by Gasteiger charge is 2.34. The molecule has 0 amide bonds. The third kappa shape index (κ3) is 2.05. The second-order valence-electron chi connectivity index (χ2n) is 5.28. The first-order valence-corrected chi connectivity index (χ1v) is 7.99. The highest BCUT2D eigenvalue weighted by Crippen LogP contribution is 2.48. The Bertz CT molecular complexity index is 739. The Morgan fingerprint density at radius 2 is 2.29 bits per heavy atom. The summed E-state index contributed by atoms with van der Waals surface area (Å²) >= 11 is 1.92. The fourth-order valence-electron chi connectivity index (χ4n) is 3.11.